The van der Waals surface area contributed by atoms with Crippen LogP contribution in [0.15, 0.2) is 5.38 Å². The van der Waals surface area contributed by atoms with Gasteiger partial charge >= 0.3 is 16.2 Å². The number of nitrogens with zero attached hydrogens (tertiary/aromatic N) is 2. The first-order valence-electron chi connectivity index (χ1n) is 5.56. The fourth-order valence-electron chi connectivity index (χ4n) is 1.19. The number of anilines is 1. The van der Waals surface area contributed by atoms with Gasteiger partial charge in [-0.3, -0.25) is 4.79 Å². The minimum absolute atomic E-state index is 0.260. The molecule has 108 valence electrons. The van der Waals surface area contributed by atoms with Crippen LogP contribution >= 0.6 is 11.3 Å². The third-order valence-corrected chi connectivity index (χ3v) is 4.64. The molecule has 0 saturated heterocycles. The second-order valence-electron chi connectivity index (χ2n) is 3.96. The van der Waals surface area contributed by atoms with Gasteiger partial charge in [-0.1, -0.05) is 0 Å². The third kappa shape index (κ3) is 5.13. The molecule has 0 aromatic carbocycles. The molecule has 1 heterocycles. The van der Waals surface area contributed by atoms with E-state index in [-0.39, 0.29) is 5.97 Å². The van der Waals surface area contributed by atoms with Gasteiger partial charge in [0.1, 0.15) is 0 Å². The van der Waals surface area contributed by atoms with Crippen molar-refractivity contribution >= 4 is 32.6 Å². The minimum Gasteiger partial charge on any atom is -0.469 e. The highest BCUT2D eigenvalue weighted by Crippen LogP contribution is 2.18. The van der Waals surface area contributed by atoms with Crippen molar-refractivity contribution in [2.24, 2.45) is 0 Å². The zero-order chi connectivity index (χ0) is 14.5. The first kappa shape index (κ1) is 15.9. The van der Waals surface area contributed by atoms with Crippen LogP contribution in [-0.4, -0.2) is 44.9 Å². The fraction of sp³-hybridized carbons (Fsp3) is 0.600. The van der Waals surface area contributed by atoms with Crippen molar-refractivity contribution in [3.63, 3.8) is 0 Å². The van der Waals surface area contributed by atoms with E-state index < -0.39 is 10.2 Å². The molecule has 0 atom stereocenters. The Morgan fingerprint density at radius 3 is 2.79 bits per heavy atom. The number of hydrogen-bond donors (Lipinski definition) is 1. The zero-order valence-corrected chi connectivity index (χ0v) is 12.7. The maximum atomic E-state index is 11.6. The van der Waals surface area contributed by atoms with Gasteiger partial charge in [-0.15, -0.1) is 11.3 Å². The van der Waals surface area contributed by atoms with E-state index in [0.717, 1.165) is 10.00 Å². The average Bonchev–Trinajstić information content (AvgIpc) is 2.75. The highest BCUT2D eigenvalue weighted by Gasteiger charge is 2.15. The van der Waals surface area contributed by atoms with Gasteiger partial charge < -0.3 is 4.74 Å². The van der Waals surface area contributed by atoms with E-state index in [1.165, 1.54) is 32.5 Å². The molecule has 7 nitrogen and oxygen atoms in total. The van der Waals surface area contributed by atoms with Crippen molar-refractivity contribution in [3.8, 4) is 0 Å². The van der Waals surface area contributed by atoms with E-state index in [1.54, 1.807) is 5.38 Å². The van der Waals surface area contributed by atoms with Crippen molar-refractivity contribution in [1.29, 1.82) is 0 Å². The summed E-state index contributed by atoms with van der Waals surface area (Å²) in [5, 5.41) is 2.09. The van der Waals surface area contributed by atoms with Crippen LogP contribution in [0.5, 0.6) is 0 Å². The molecular formula is C10H17N3O4S2. The Balaban J connectivity index is 2.51. The molecule has 0 amide bonds. The van der Waals surface area contributed by atoms with Crippen LogP contribution in [0.4, 0.5) is 5.13 Å². The number of rotatable bonds is 7. The molecule has 0 aliphatic rings. The largest absolute Gasteiger partial charge is 0.469 e. The van der Waals surface area contributed by atoms with Gasteiger partial charge in [-0.2, -0.15) is 12.7 Å². The Bertz CT molecular complexity index is 525. The second-order valence-corrected chi connectivity index (χ2v) is 6.71. The van der Waals surface area contributed by atoms with Gasteiger partial charge in [0.15, 0.2) is 5.13 Å². The molecule has 0 fully saturated rings. The van der Waals surface area contributed by atoms with E-state index in [1.807, 2.05) is 0 Å². The lowest BCUT2D eigenvalue weighted by Crippen LogP contribution is -2.28. The first-order valence-corrected chi connectivity index (χ1v) is 7.88. The van der Waals surface area contributed by atoms with Crippen molar-refractivity contribution < 1.29 is 17.9 Å². The smallest absolute Gasteiger partial charge is 0.305 e. The molecule has 0 bridgehead atoms. The number of thiazole rings is 1. The summed E-state index contributed by atoms with van der Waals surface area (Å²) in [7, 11) is 0.703. The number of aryl methyl sites for hydroxylation is 1. The zero-order valence-electron chi connectivity index (χ0n) is 11.0. The predicted molar refractivity (Wildman–Crippen MR) is 73.3 cm³/mol. The Kier molecular flexibility index (Phi) is 5.70. The van der Waals surface area contributed by atoms with Crippen LogP contribution in [0.1, 0.15) is 18.5 Å². The first-order chi connectivity index (χ1) is 8.85. The normalized spacial score (nSPS) is 11.6. The number of hydrogen-bond acceptors (Lipinski definition) is 6. The monoisotopic (exact) mass is 307 g/mol. The van der Waals surface area contributed by atoms with Crippen molar-refractivity contribution in [3.05, 3.63) is 11.1 Å². The van der Waals surface area contributed by atoms with Gasteiger partial charge in [-0.05, 0) is 12.8 Å². The molecule has 0 aliphatic heterocycles. The summed E-state index contributed by atoms with van der Waals surface area (Å²) in [5.74, 6) is -0.260. The number of ether oxygens (including phenoxy) is 1. The molecular weight excluding hydrogens is 290 g/mol. The maximum absolute atomic E-state index is 11.6. The summed E-state index contributed by atoms with van der Waals surface area (Å²) in [6, 6.07) is 0. The SMILES string of the molecule is COC(=O)CCCc1csc(NS(=O)(=O)N(C)C)n1. The van der Waals surface area contributed by atoms with E-state index in [2.05, 4.69) is 14.4 Å². The molecule has 0 saturated carbocycles. The Labute approximate surface area is 116 Å². The Morgan fingerprint density at radius 1 is 1.53 bits per heavy atom. The Hall–Kier alpha value is -1.19. The van der Waals surface area contributed by atoms with Gasteiger partial charge in [0.25, 0.3) is 0 Å². The van der Waals surface area contributed by atoms with Crippen LogP contribution in [-0.2, 0) is 26.2 Å². The molecule has 0 spiro atoms. The van der Waals surface area contributed by atoms with Gasteiger partial charge in [0, 0.05) is 25.9 Å². The van der Waals surface area contributed by atoms with Crippen molar-refractivity contribution in [2.75, 3.05) is 25.9 Å². The average molecular weight is 307 g/mol. The van der Waals surface area contributed by atoms with Crippen LogP contribution in [0.3, 0.4) is 0 Å². The second kappa shape index (κ2) is 6.83. The van der Waals surface area contributed by atoms with Crippen LogP contribution in [0, 0.1) is 0 Å². The lowest BCUT2D eigenvalue weighted by atomic mass is 10.2. The third-order valence-electron chi connectivity index (χ3n) is 2.29. The number of carbonyl (C=O) groups is 1. The fourth-order valence-corrected chi connectivity index (χ4v) is 2.73. The molecule has 0 aliphatic carbocycles. The molecule has 9 heteroatoms. The summed E-state index contributed by atoms with van der Waals surface area (Å²) in [5.41, 5.74) is 0.755. The van der Waals surface area contributed by atoms with E-state index in [9.17, 15) is 13.2 Å². The molecule has 1 N–H and O–H groups in total. The van der Waals surface area contributed by atoms with Crippen LogP contribution < -0.4 is 4.72 Å². The van der Waals surface area contributed by atoms with Crippen LogP contribution in [0.25, 0.3) is 0 Å². The number of methoxy groups -OCH3 is 1. The topological polar surface area (TPSA) is 88.6 Å². The molecule has 19 heavy (non-hydrogen) atoms. The highest BCUT2D eigenvalue weighted by atomic mass is 32.2. The minimum atomic E-state index is -3.52. The molecule has 0 unspecified atom stereocenters. The summed E-state index contributed by atoms with van der Waals surface area (Å²) in [6.07, 6.45) is 1.55. The highest BCUT2D eigenvalue weighted by molar-refractivity contribution is 7.90. The lowest BCUT2D eigenvalue weighted by Gasteiger charge is -2.10. The predicted octanol–water partition coefficient (Wildman–Crippen LogP) is 0.857. The standard InChI is InChI=1S/C10H17N3O4S2/c1-13(2)19(15,16)12-10-11-8(7-18-10)5-4-6-9(14)17-3/h7H,4-6H2,1-3H3,(H,11,12). The van der Waals surface area contributed by atoms with Gasteiger partial charge in [0.05, 0.1) is 12.8 Å². The number of esters is 1. The summed E-state index contributed by atoms with van der Waals surface area (Å²) >= 11 is 1.21. The van der Waals surface area contributed by atoms with E-state index in [0.29, 0.717) is 24.4 Å². The summed E-state index contributed by atoms with van der Waals surface area (Å²) < 4.78 is 31.1. The molecule has 1 rings (SSSR count). The van der Waals surface area contributed by atoms with E-state index >= 15 is 0 Å². The molecule has 1 aromatic rings. The number of nitrogens with one attached hydrogen (secondary N) is 1. The quantitative estimate of drug-likeness (QED) is 0.755. The number of aromatic nitrogens is 1. The number of carbonyl (C=O) groups excluding carboxylic acids is 1. The Morgan fingerprint density at radius 2 is 2.21 bits per heavy atom. The van der Waals surface area contributed by atoms with Gasteiger partial charge in [0.2, 0.25) is 0 Å². The lowest BCUT2D eigenvalue weighted by molar-refractivity contribution is -0.140. The summed E-state index contributed by atoms with van der Waals surface area (Å²) in [4.78, 5) is 15.1. The van der Waals surface area contributed by atoms with Crippen molar-refractivity contribution in [1.82, 2.24) is 9.29 Å². The molecule has 0 radical (unpaired) electrons. The van der Waals surface area contributed by atoms with Gasteiger partial charge in [-0.25, -0.2) is 9.71 Å². The summed E-state index contributed by atoms with van der Waals surface area (Å²) in [6.45, 7) is 0. The maximum Gasteiger partial charge on any atom is 0.305 e. The molecule has 1 aromatic heterocycles. The van der Waals surface area contributed by atoms with Crippen molar-refractivity contribution in [2.45, 2.75) is 19.3 Å². The van der Waals surface area contributed by atoms with E-state index in [4.69, 9.17) is 0 Å². The van der Waals surface area contributed by atoms with Crippen LogP contribution in [0.2, 0.25) is 0 Å².